The fourth-order valence-electron chi connectivity index (χ4n) is 2.24. The molecule has 4 nitrogen and oxygen atoms in total. The zero-order chi connectivity index (χ0) is 13.8. The van der Waals surface area contributed by atoms with E-state index in [2.05, 4.69) is 0 Å². The maximum Gasteiger partial charge on any atom is 0.258 e. The second-order valence-corrected chi connectivity index (χ2v) is 5.18. The lowest BCUT2D eigenvalue weighted by Crippen LogP contribution is -2.44. The number of amides is 1. The number of hydrogen-bond acceptors (Lipinski definition) is 3. The van der Waals surface area contributed by atoms with Gasteiger partial charge in [0.25, 0.3) is 5.91 Å². The van der Waals surface area contributed by atoms with E-state index in [0.29, 0.717) is 12.4 Å². The number of para-hydroxylation sites is 1. The summed E-state index contributed by atoms with van der Waals surface area (Å²) in [5, 5.41) is 19.3. The first-order chi connectivity index (χ1) is 9.15. The minimum absolute atomic E-state index is 0.154. The first kappa shape index (κ1) is 14.0. The number of phenols is 2. The Morgan fingerprint density at radius 1 is 1.37 bits per heavy atom. The molecule has 1 amide bonds. The Bertz CT molecular complexity index is 460. The lowest BCUT2D eigenvalue weighted by Gasteiger charge is -2.37. The third-order valence-electron chi connectivity index (χ3n) is 3.55. The molecule has 0 unspecified atom stereocenters. The number of phenolic OH excluding ortho intramolecular Hbond substituents is 2. The summed E-state index contributed by atoms with van der Waals surface area (Å²) in [6.45, 7) is 0.585. The third kappa shape index (κ3) is 2.95. The van der Waals surface area contributed by atoms with Gasteiger partial charge in [-0.05, 0) is 37.8 Å². The Morgan fingerprint density at radius 2 is 2.11 bits per heavy atom. The quantitative estimate of drug-likeness (QED) is 0.645. The highest BCUT2D eigenvalue weighted by molar-refractivity contribution is 6.17. The van der Waals surface area contributed by atoms with E-state index < -0.39 is 0 Å². The van der Waals surface area contributed by atoms with Crippen LogP contribution in [0.1, 0.15) is 36.0 Å². The number of carbonyl (C=O) groups excluding carboxylic acids is 1. The summed E-state index contributed by atoms with van der Waals surface area (Å²) in [6.07, 6.45) is 3.84. The van der Waals surface area contributed by atoms with Crippen LogP contribution in [0.5, 0.6) is 11.5 Å². The molecular weight excluding hydrogens is 266 g/mol. The average Bonchev–Trinajstić information content (AvgIpc) is 2.34. The maximum atomic E-state index is 12.5. The minimum Gasteiger partial charge on any atom is -0.504 e. The molecule has 0 spiro atoms. The van der Waals surface area contributed by atoms with Gasteiger partial charge in [0.1, 0.15) is 0 Å². The Labute approximate surface area is 117 Å². The molecule has 0 aromatic heterocycles. The molecule has 19 heavy (non-hydrogen) atoms. The van der Waals surface area contributed by atoms with Crippen molar-refractivity contribution in [2.24, 2.45) is 0 Å². The van der Waals surface area contributed by atoms with Gasteiger partial charge in [-0.3, -0.25) is 4.79 Å². The highest BCUT2D eigenvalue weighted by Gasteiger charge is 2.30. The first-order valence-corrected chi connectivity index (χ1v) is 7.06. The molecule has 0 saturated heterocycles. The smallest absolute Gasteiger partial charge is 0.258 e. The fourth-order valence-corrected chi connectivity index (χ4v) is 2.36. The summed E-state index contributed by atoms with van der Waals surface area (Å²) < 4.78 is 0. The zero-order valence-electron chi connectivity index (χ0n) is 10.7. The predicted molar refractivity (Wildman–Crippen MR) is 73.8 cm³/mol. The molecule has 1 aliphatic rings. The lowest BCUT2D eigenvalue weighted by atomic mass is 9.90. The number of nitrogens with zero attached hydrogens (tertiary/aromatic N) is 1. The second-order valence-electron chi connectivity index (χ2n) is 4.80. The standard InChI is InChI=1S/C14H18ClNO3/c15-8-3-9-16(10-4-1-5-10)14(19)11-6-2-7-12(17)13(11)18/h2,6-7,10,17-18H,1,3-5,8-9H2. The van der Waals surface area contributed by atoms with Crippen molar-refractivity contribution in [2.45, 2.75) is 31.7 Å². The van der Waals surface area contributed by atoms with Crippen LogP contribution in [0.25, 0.3) is 0 Å². The van der Waals surface area contributed by atoms with Crippen LogP contribution in [0.3, 0.4) is 0 Å². The molecule has 104 valence electrons. The summed E-state index contributed by atoms with van der Waals surface area (Å²) in [5.74, 6) is -0.342. The lowest BCUT2D eigenvalue weighted by molar-refractivity contribution is 0.0577. The number of hydrogen-bond donors (Lipinski definition) is 2. The Hall–Kier alpha value is -1.42. The topological polar surface area (TPSA) is 60.8 Å². The van der Waals surface area contributed by atoms with Crippen molar-refractivity contribution >= 4 is 17.5 Å². The van der Waals surface area contributed by atoms with Gasteiger partial charge in [0, 0.05) is 18.5 Å². The highest BCUT2D eigenvalue weighted by atomic mass is 35.5. The molecule has 2 rings (SSSR count). The van der Waals surface area contributed by atoms with E-state index in [4.69, 9.17) is 11.6 Å². The monoisotopic (exact) mass is 283 g/mol. The van der Waals surface area contributed by atoms with E-state index in [0.717, 1.165) is 25.7 Å². The number of carbonyl (C=O) groups is 1. The molecule has 0 bridgehead atoms. The molecule has 1 fully saturated rings. The van der Waals surface area contributed by atoms with E-state index in [-0.39, 0.29) is 29.0 Å². The van der Waals surface area contributed by atoms with Gasteiger partial charge in [0.2, 0.25) is 0 Å². The SMILES string of the molecule is O=C(c1cccc(O)c1O)N(CCCCl)C1CCC1. The summed E-state index contributed by atoms with van der Waals surface area (Å²) in [4.78, 5) is 14.2. The second kappa shape index (κ2) is 6.15. The normalized spacial score (nSPS) is 15.0. The van der Waals surface area contributed by atoms with Crippen molar-refractivity contribution in [3.8, 4) is 11.5 Å². The summed E-state index contributed by atoms with van der Waals surface area (Å²) in [5.41, 5.74) is 0.154. The van der Waals surface area contributed by atoms with Crippen LogP contribution >= 0.6 is 11.6 Å². The van der Waals surface area contributed by atoms with Crippen molar-refractivity contribution in [3.63, 3.8) is 0 Å². The van der Waals surface area contributed by atoms with Crippen LogP contribution in [0.4, 0.5) is 0 Å². The molecule has 1 aromatic rings. The Balaban J connectivity index is 2.20. The van der Waals surface area contributed by atoms with Gasteiger partial charge in [-0.25, -0.2) is 0 Å². The number of halogens is 1. The number of aromatic hydroxyl groups is 2. The van der Waals surface area contributed by atoms with E-state index in [1.54, 1.807) is 11.0 Å². The minimum atomic E-state index is -0.345. The molecule has 1 aliphatic carbocycles. The molecule has 0 heterocycles. The first-order valence-electron chi connectivity index (χ1n) is 6.53. The Morgan fingerprint density at radius 3 is 2.68 bits per heavy atom. The van der Waals surface area contributed by atoms with Crippen molar-refractivity contribution < 1.29 is 15.0 Å². The molecule has 0 aliphatic heterocycles. The molecular formula is C14H18ClNO3. The van der Waals surface area contributed by atoms with Crippen molar-refractivity contribution in [2.75, 3.05) is 12.4 Å². The summed E-state index contributed by atoms with van der Waals surface area (Å²) in [6, 6.07) is 4.68. The molecule has 2 N–H and O–H groups in total. The van der Waals surface area contributed by atoms with E-state index in [1.165, 1.54) is 12.1 Å². The van der Waals surface area contributed by atoms with Crippen molar-refractivity contribution in [1.29, 1.82) is 0 Å². The van der Waals surface area contributed by atoms with Gasteiger partial charge >= 0.3 is 0 Å². The van der Waals surface area contributed by atoms with Crippen LogP contribution in [0, 0.1) is 0 Å². The predicted octanol–water partition coefficient (Wildman–Crippen LogP) is 2.72. The fraction of sp³-hybridized carbons (Fsp3) is 0.500. The van der Waals surface area contributed by atoms with Gasteiger partial charge in [-0.15, -0.1) is 11.6 Å². The summed E-state index contributed by atoms with van der Waals surface area (Å²) in [7, 11) is 0. The van der Waals surface area contributed by atoms with Crippen LogP contribution < -0.4 is 0 Å². The zero-order valence-corrected chi connectivity index (χ0v) is 11.4. The third-order valence-corrected chi connectivity index (χ3v) is 3.82. The Kier molecular flexibility index (Phi) is 4.53. The van der Waals surface area contributed by atoms with Crippen LogP contribution in [0.2, 0.25) is 0 Å². The van der Waals surface area contributed by atoms with Gasteiger partial charge in [-0.1, -0.05) is 6.07 Å². The van der Waals surface area contributed by atoms with Gasteiger partial charge in [0.05, 0.1) is 5.56 Å². The van der Waals surface area contributed by atoms with Gasteiger partial charge in [0.15, 0.2) is 11.5 Å². The summed E-state index contributed by atoms with van der Waals surface area (Å²) >= 11 is 5.69. The van der Waals surface area contributed by atoms with Gasteiger partial charge < -0.3 is 15.1 Å². The molecule has 0 atom stereocenters. The molecule has 1 aromatic carbocycles. The van der Waals surface area contributed by atoms with E-state index in [1.807, 2.05) is 0 Å². The number of rotatable bonds is 5. The van der Waals surface area contributed by atoms with Crippen molar-refractivity contribution in [1.82, 2.24) is 4.90 Å². The molecule has 0 radical (unpaired) electrons. The molecule has 5 heteroatoms. The van der Waals surface area contributed by atoms with Gasteiger partial charge in [-0.2, -0.15) is 0 Å². The van der Waals surface area contributed by atoms with Crippen LogP contribution in [-0.4, -0.2) is 39.5 Å². The van der Waals surface area contributed by atoms with E-state index in [9.17, 15) is 15.0 Å². The molecule has 1 saturated carbocycles. The van der Waals surface area contributed by atoms with Crippen LogP contribution in [0.15, 0.2) is 18.2 Å². The number of alkyl halides is 1. The van der Waals surface area contributed by atoms with E-state index >= 15 is 0 Å². The highest BCUT2D eigenvalue weighted by Crippen LogP contribution is 2.32. The van der Waals surface area contributed by atoms with Crippen molar-refractivity contribution in [3.05, 3.63) is 23.8 Å². The van der Waals surface area contributed by atoms with Crippen LogP contribution in [-0.2, 0) is 0 Å². The largest absolute Gasteiger partial charge is 0.504 e. The average molecular weight is 284 g/mol. The number of benzene rings is 1. The maximum absolute atomic E-state index is 12.5.